The van der Waals surface area contributed by atoms with Gasteiger partial charge >= 0.3 is 0 Å². The molecule has 17 heavy (non-hydrogen) atoms. The van der Waals surface area contributed by atoms with Crippen LogP contribution in [0.15, 0.2) is 58.3 Å². The van der Waals surface area contributed by atoms with Gasteiger partial charge in [-0.05, 0) is 47.6 Å². The van der Waals surface area contributed by atoms with Gasteiger partial charge in [0.05, 0.1) is 0 Å². The van der Waals surface area contributed by atoms with Gasteiger partial charge in [0.25, 0.3) is 0 Å². The Labute approximate surface area is 113 Å². The fourth-order valence-corrected chi connectivity index (χ4v) is 2.53. The van der Waals surface area contributed by atoms with E-state index < -0.39 is 0 Å². The van der Waals surface area contributed by atoms with Gasteiger partial charge < -0.3 is 0 Å². The minimum Gasteiger partial charge on any atom is -0.143 e. The van der Waals surface area contributed by atoms with Gasteiger partial charge in [-0.25, -0.2) is 0 Å². The highest BCUT2D eigenvalue weighted by Crippen LogP contribution is 2.25. The second-order valence-electron chi connectivity index (χ2n) is 3.92. The molecule has 0 amide bonds. The maximum absolute atomic E-state index is 4.30. The lowest BCUT2D eigenvalue weighted by molar-refractivity contribution is 1.10. The summed E-state index contributed by atoms with van der Waals surface area (Å²) >= 11 is 6.21. The van der Waals surface area contributed by atoms with Crippen molar-refractivity contribution < 1.29 is 0 Å². The highest BCUT2D eigenvalue weighted by atomic mass is 32.2. The average Bonchev–Trinajstić information content (AvgIpc) is 2.38. The van der Waals surface area contributed by atoms with Crippen molar-refractivity contribution in [2.45, 2.75) is 23.1 Å². The number of hydrogen-bond acceptors (Lipinski definition) is 2. The summed E-state index contributed by atoms with van der Waals surface area (Å²) in [4.78, 5) is 2.35. The van der Waals surface area contributed by atoms with E-state index >= 15 is 0 Å². The molecule has 2 aromatic rings. The Kier molecular flexibility index (Phi) is 4.57. The maximum atomic E-state index is 4.30. The molecule has 88 valence electrons. The molecule has 0 aliphatic carbocycles. The highest BCUT2D eigenvalue weighted by Gasteiger charge is 1.98. The van der Waals surface area contributed by atoms with Crippen molar-refractivity contribution in [2.24, 2.45) is 0 Å². The van der Waals surface area contributed by atoms with Crippen LogP contribution >= 0.6 is 24.4 Å². The third-order valence-electron chi connectivity index (χ3n) is 2.53. The van der Waals surface area contributed by atoms with E-state index in [-0.39, 0.29) is 0 Å². The zero-order valence-electron chi connectivity index (χ0n) is 9.89. The molecule has 0 N–H and O–H groups in total. The van der Waals surface area contributed by atoms with Crippen LogP contribution in [0.3, 0.4) is 0 Å². The number of thioether (sulfide) groups is 1. The Hall–Kier alpha value is -0.860. The molecule has 0 saturated heterocycles. The van der Waals surface area contributed by atoms with E-state index in [1.165, 1.54) is 28.2 Å². The van der Waals surface area contributed by atoms with Crippen LogP contribution in [0, 0.1) is 0 Å². The maximum Gasteiger partial charge on any atom is 0.00723 e. The quantitative estimate of drug-likeness (QED) is 0.586. The van der Waals surface area contributed by atoms with Crippen molar-refractivity contribution in [1.29, 1.82) is 0 Å². The first-order chi connectivity index (χ1) is 8.29. The lowest BCUT2D eigenvalue weighted by Gasteiger charge is -2.04. The molecule has 2 aromatic carbocycles. The van der Waals surface area contributed by atoms with Gasteiger partial charge in [0.1, 0.15) is 0 Å². The van der Waals surface area contributed by atoms with Gasteiger partial charge in [-0.3, -0.25) is 0 Å². The Morgan fingerprint density at radius 2 is 1.41 bits per heavy atom. The first-order valence-corrected chi connectivity index (χ1v) is 7.25. The van der Waals surface area contributed by atoms with Gasteiger partial charge in [0, 0.05) is 9.79 Å². The van der Waals surface area contributed by atoms with Gasteiger partial charge in [-0.2, -0.15) is 0 Å². The second kappa shape index (κ2) is 6.18. The van der Waals surface area contributed by atoms with Crippen molar-refractivity contribution in [2.75, 3.05) is 5.75 Å². The average molecular weight is 260 g/mol. The molecule has 0 aromatic heterocycles. The zero-order valence-corrected chi connectivity index (χ0v) is 11.6. The van der Waals surface area contributed by atoms with Crippen molar-refractivity contribution in [1.82, 2.24) is 0 Å². The summed E-state index contributed by atoms with van der Waals surface area (Å²) in [6.45, 7) is 2.21. The third kappa shape index (κ3) is 3.55. The van der Waals surface area contributed by atoms with Gasteiger partial charge in [0.2, 0.25) is 0 Å². The van der Waals surface area contributed by atoms with Crippen LogP contribution in [0.2, 0.25) is 0 Å². The van der Waals surface area contributed by atoms with Crippen molar-refractivity contribution in [3.8, 4) is 11.1 Å². The van der Waals surface area contributed by atoms with Crippen LogP contribution in [0.25, 0.3) is 11.1 Å². The van der Waals surface area contributed by atoms with Crippen LogP contribution in [-0.2, 0) is 0 Å². The number of thiol groups is 1. The van der Waals surface area contributed by atoms with E-state index in [4.69, 9.17) is 0 Å². The number of hydrogen-bond donors (Lipinski definition) is 1. The monoisotopic (exact) mass is 260 g/mol. The first kappa shape index (κ1) is 12.6. The minimum atomic E-state index is 1.00. The second-order valence-corrected chi connectivity index (χ2v) is 5.60. The minimum absolute atomic E-state index is 1.00. The molecular weight excluding hydrogens is 244 g/mol. The Morgan fingerprint density at radius 1 is 0.882 bits per heavy atom. The molecule has 0 heterocycles. The number of rotatable bonds is 4. The zero-order chi connectivity index (χ0) is 12.1. The van der Waals surface area contributed by atoms with E-state index in [9.17, 15) is 0 Å². The normalized spacial score (nSPS) is 10.5. The summed E-state index contributed by atoms with van der Waals surface area (Å²) in [7, 11) is 0. The van der Waals surface area contributed by atoms with Crippen LogP contribution in [0.5, 0.6) is 0 Å². The van der Waals surface area contributed by atoms with Gasteiger partial charge in [-0.1, -0.05) is 31.2 Å². The molecule has 0 fully saturated rings. The predicted octanol–water partition coefficient (Wildman–Crippen LogP) is 5.14. The number of benzene rings is 2. The van der Waals surface area contributed by atoms with E-state index in [0.29, 0.717) is 0 Å². The predicted molar refractivity (Wildman–Crippen MR) is 80.1 cm³/mol. The van der Waals surface area contributed by atoms with Crippen LogP contribution < -0.4 is 0 Å². The molecule has 0 radical (unpaired) electrons. The molecule has 0 aliphatic heterocycles. The fourth-order valence-electron chi connectivity index (χ4n) is 1.62. The summed E-state index contributed by atoms with van der Waals surface area (Å²) in [5.74, 6) is 1.19. The summed E-state index contributed by atoms with van der Waals surface area (Å²) in [6, 6.07) is 17.0. The summed E-state index contributed by atoms with van der Waals surface area (Å²) < 4.78 is 0. The molecule has 0 unspecified atom stereocenters. The Morgan fingerprint density at radius 3 is 1.94 bits per heavy atom. The topological polar surface area (TPSA) is 0 Å². The van der Waals surface area contributed by atoms with Crippen LogP contribution in [0.4, 0.5) is 0 Å². The summed E-state index contributed by atoms with van der Waals surface area (Å²) in [5, 5.41) is 0. The molecular formula is C15H16S2. The van der Waals surface area contributed by atoms with Gasteiger partial charge in [0.15, 0.2) is 0 Å². The van der Waals surface area contributed by atoms with E-state index in [1.54, 1.807) is 0 Å². The summed E-state index contributed by atoms with van der Waals surface area (Å²) in [5.41, 5.74) is 2.51. The van der Waals surface area contributed by atoms with Crippen molar-refractivity contribution >= 4 is 24.4 Å². The molecule has 2 rings (SSSR count). The molecule has 0 atom stereocenters. The lowest BCUT2D eigenvalue weighted by Crippen LogP contribution is -1.79. The molecule has 0 spiro atoms. The smallest absolute Gasteiger partial charge is 0.00723 e. The highest BCUT2D eigenvalue weighted by molar-refractivity contribution is 7.99. The fraction of sp³-hybridized carbons (Fsp3) is 0.200. The van der Waals surface area contributed by atoms with Crippen molar-refractivity contribution in [3.05, 3.63) is 48.5 Å². The van der Waals surface area contributed by atoms with Gasteiger partial charge in [-0.15, -0.1) is 24.4 Å². The van der Waals surface area contributed by atoms with E-state index in [0.717, 1.165) is 4.90 Å². The van der Waals surface area contributed by atoms with Crippen LogP contribution in [-0.4, -0.2) is 5.75 Å². The third-order valence-corrected chi connectivity index (χ3v) is 4.04. The lowest BCUT2D eigenvalue weighted by atomic mass is 10.1. The SMILES string of the molecule is CCCSc1ccc(-c2ccc(S)cc2)cc1. The summed E-state index contributed by atoms with van der Waals surface area (Å²) in [6.07, 6.45) is 1.22. The van der Waals surface area contributed by atoms with Crippen LogP contribution in [0.1, 0.15) is 13.3 Å². The van der Waals surface area contributed by atoms with Crippen molar-refractivity contribution in [3.63, 3.8) is 0 Å². The molecule has 0 bridgehead atoms. The Bertz CT molecular complexity index is 457. The molecule has 0 saturated carbocycles. The molecule has 0 nitrogen and oxygen atoms in total. The molecule has 2 heteroatoms. The van der Waals surface area contributed by atoms with E-state index in [1.807, 2.05) is 23.9 Å². The standard InChI is InChI=1S/C15H16S2/c1-2-11-17-15-9-5-13(6-10-15)12-3-7-14(16)8-4-12/h3-10,16H,2,11H2,1H3. The Balaban J connectivity index is 2.14. The van der Waals surface area contributed by atoms with E-state index in [2.05, 4.69) is 56.0 Å². The first-order valence-electron chi connectivity index (χ1n) is 5.82. The molecule has 0 aliphatic rings. The largest absolute Gasteiger partial charge is 0.143 e.